The van der Waals surface area contributed by atoms with Crippen molar-refractivity contribution in [1.82, 2.24) is 4.98 Å². The van der Waals surface area contributed by atoms with E-state index in [0.717, 1.165) is 0 Å². The van der Waals surface area contributed by atoms with Crippen LogP contribution in [0.25, 0.3) is 0 Å². The van der Waals surface area contributed by atoms with Gasteiger partial charge in [0, 0.05) is 6.04 Å². The van der Waals surface area contributed by atoms with Crippen LogP contribution >= 0.6 is 0 Å². The van der Waals surface area contributed by atoms with Crippen molar-refractivity contribution in [2.75, 3.05) is 22.6 Å². The van der Waals surface area contributed by atoms with Crippen molar-refractivity contribution in [2.24, 2.45) is 0 Å². The summed E-state index contributed by atoms with van der Waals surface area (Å²) in [5.41, 5.74) is 5.35. The van der Waals surface area contributed by atoms with Gasteiger partial charge in [0.25, 0.3) is 5.69 Å². The van der Waals surface area contributed by atoms with E-state index in [4.69, 9.17) is 5.73 Å². The minimum Gasteiger partial charge on any atom is -0.383 e. The average Bonchev–Trinajstić information content (AvgIpc) is 2.31. The Kier molecular flexibility index (Phi) is 3.56. The van der Waals surface area contributed by atoms with E-state index >= 15 is 0 Å². The number of nitrogen functional groups attached to an aromatic ring is 1. The number of hydrogen-bond donors (Lipinski definition) is 2. The average molecular weight is 286 g/mol. The second-order valence-corrected chi connectivity index (χ2v) is 6.77. The van der Waals surface area contributed by atoms with Crippen molar-refractivity contribution < 1.29 is 13.3 Å². The van der Waals surface area contributed by atoms with Crippen LogP contribution in [0.1, 0.15) is 12.8 Å². The SMILES string of the molecule is Nc1cc([N+](=O)[O-])cc(NC2CCS(=O)(=O)CC2)n1. The molecule has 0 unspecified atom stereocenters. The summed E-state index contributed by atoms with van der Waals surface area (Å²) in [6, 6.07) is 2.41. The third-order valence-corrected chi connectivity index (χ3v) is 4.66. The van der Waals surface area contributed by atoms with Crippen LogP contribution in [-0.4, -0.2) is 35.9 Å². The first-order valence-electron chi connectivity index (χ1n) is 5.75. The molecule has 2 heterocycles. The van der Waals surface area contributed by atoms with Gasteiger partial charge in [-0.1, -0.05) is 0 Å². The summed E-state index contributed by atoms with van der Waals surface area (Å²) in [6.45, 7) is 0. The minimum atomic E-state index is -2.93. The highest BCUT2D eigenvalue weighted by atomic mass is 32.2. The standard InChI is InChI=1S/C10H14N4O4S/c11-9-5-8(14(15)16)6-10(13-9)12-7-1-3-19(17,18)4-2-7/h5-7H,1-4H2,(H3,11,12,13). The molecule has 0 radical (unpaired) electrons. The molecule has 9 heteroatoms. The van der Waals surface area contributed by atoms with Crippen LogP contribution in [0.5, 0.6) is 0 Å². The monoisotopic (exact) mass is 286 g/mol. The molecule has 8 nitrogen and oxygen atoms in total. The first-order valence-corrected chi connectivity index (χ1v) is 7.57. The molecule has 2 rings (SSSR count). The van der Waals surface area contributed by atoms with E-state index in [0.29, 0.717) is 18.7 Å². The van der Waals surface area contributed by atoms with E-state index in [2.05, 4.69) is 10.3 Å². The number of nitrogens with two attached hydrogens (primary N) is 1. The largest absolute Gasteiger partial charge is 0.383 e. The van der Waals surface area contributed by atoms with Gasteiger partial charge in [-0.25, -0.2) is 13.4 Å². The van der Waals surface area contributed by atoms with Crippen LogP contribution < -0.4 is 11.1 Å². The van der Waals surface area contributed by atoms with Gasteiger partial charge >= 0.3 is 0 Å². The number of rotatable bonds is 3. The molecule has 1 aromatic heterocycles. The molecule has 0 amide bonds. The fourth-order valence-corrected chi connectivity index (χ4v) is 3.45. The summed E-state index contributed by atoms with van der Waals surface area (Å²) in [5, 5.41) is 13.7. The zero-order chi connectivity index (χ0) is 14.0. The molecule has 0 bridgehead atoms. The Labute approximate surface area is 110 Å². The van der Waals surface area contributed by atoms with Gasteiger partial charge in [0.2, 0.25) is 0 Å². The van der Waals surface area contributed by atoms with Gasteiger partial charge in [-0.05, 0) is 12.8 Å². The molecule has 1 aliphatic heterocycles. The zero-order valence-corrected chi connectivity index (χ0v) is 10.9. The van der Waals surface area contributed by atoms with Crippen LogP contribution in [0.4, 0.5) is 17.3 Å². The van der Waals surface area contributed by atoms with Gasteiger partial charge in [0.1, 0.15) is 21.5 Å². The summed E-state index contributed by atoms with van der Waals surface area (Å²) < 4.78 is 22.6. The Morgan fingerprint density at radius 1 is 1.37 bits per heavy atom. The van der Waals surface area contributed by atoms with Gasteiger partial charge in [-0.15, -0.1) is 0 Å². The fourth-order valence-electron chi connectivity index (χ4n) is 1.96. The first-order chi connectivity index (χ1) is 8.85. The van der Waals surface area contributed by atoms with E-state index in [1.165, 1.54) is 12.1 Å². The molecule has 0 atom stereocenters. The number of hydrogen-bond acceptors (Lipinski definition) is 7. The molecule has 3 N–H and O–H groups in total. The second kappa shape index (κ2) is 5.00. The number of aromatic nitrogens is 1. The van der Waals surface area contributed by atoms with Crippen molar-refractivity contribution in [2.45, 2.75) is 18.9 Å². The maximum atomic E-state index is 11.3. The van der Waals surface area contributed by atoms with E-state index in [-0.39, 0.29) is 29.1 Å². The van der Waals surface area contributed by atoms with Crippen molar-refractivity contribution >= 4 is 27.2 Å². The van der Waals surface area contributed by atoms with Gasteiger partial charge in [-0.3, -0.25) is 10.1 Å². The van der Waals surface area contributed by atoms with Gasteiger partial charge in [0.05, 0.1) is 28.6 Å². The topological polar surface area (TPSA) is 128 Å². The summed E-state index contributed by atoms with van der Waals surface area (Å²) in [4.78, 5) is 14.1. The predicted molar refractivity (Wildman–Crippen MR) is 70.6 cm³/mol. The summed E-state index contributed by atoms with van der Waals surface area (Å²) >= 11 is 0. The molecular weight excluding hydrogens is 272 g/mol. The Balaban J connectivity index is 2.09. The maximum absolute atomic E-state index is 11.3. The van der Waals surface area contributed by atoms with Crippen molar-refractivity contribution in [3.05, 3.63) is 22.2 Å². The third kappa shape index (κ3) is 3.53. The lowest BCUT2D eigenvalue weighted by Crippen LogP contribution is -2.32. The Morgan fingerprint density at radius 2 is 2.00 bits per heavy atom. The van der Waals surface area contributed by atoms with Gasteiger partial charge in [0.15, 0.2) is 0 Å². The van der Waals surface area contributed by atoms with Crippen LogP contribution in [0.15, 0.2) is 12.1 Å². The number of nitro groups is 1. The molecule has 0 saturated carbocycles. The Bertz CT molecular complexity index is 588. The van der Waals surface area contributed by atoms with Gasteiger partial charge < -0.3 is 11.1 Å². The summed E-state index contributed by atoms with van der Waals surface area (Å²) in [7, 11) is -2.93. The molecule has 104 valence electrons. The van der Waals surface area contributed by atoms with Crippen molar-refractivity contribution in [3.8, 4) is 0 Å². The smallest absolute Gasteiger partial charge is 0.276 e. The number of anilines is 2. The molecule has 1 aliphatic rings. The summed E-state index contributed by atoms with van der Waals surface area (Å²) in [6.07, 6.45) is 0.930. The first kappa shape index (κ1) is 13.5. The van der Waals surface area contributed by atoms with Crippen LogP contribution in [0.2, 0.25) is 0 Å². The number of pyridine rings is 1. The number of sulfone groups is 1. The Morgan fingerprint density at radius 3 is 2.58 bits per heavy atom. The maximum Gasteiger partial charge on any atom is 0.276 e. The molecule has 19 heavy (non-hydrogen) atoms. The van der Waals surface area contributed by atoms with Crippen LogP contribution in [0.3, 0.4) is 0 Å². The van der Waals surface area contributed by atoms with E-state index < -0.39 is 14.8 Å². The third-order valence-electron chi connectivity index (χ3n) is 2.95. The van der Waals surface area contributed by atoms with E-state index in [9.17, 15) is 18.5 Å². The van der Waals surface area contributed by atoms with Crippen LogP contribution in [-0.2, 0) is 9.84 Å². The minimum absolute atomic E-state index is 0.0557. The number of nitrogens with one attached hydrogen (secondary N) is 1. The molecule has 1 aromatic rings. The van der Waals surface area contributed by atoms with Crippen molar-refractivity contribution in [1.29, 1.82) is 0 Å². The second-order valence-electron chi connectivity index (χ2n) is 4.46. The highest BCUT2D eigenvalue weighted by Gasteiger charge is 2.24. The molecule has 0 spiro atoms. The summed E-state index contributed by atoms with van der Waals surface area (Å²) in [5.74, 6) is 0.598. The van der Waals surface area contributed by atoms with Gasteiger partial charge in [-0.2, -0.15) is 0 Å². The lowest BCUT2D eigenvalue weighted by molar-refractivity contribution is -0.384. The molecule has 1 saturated heterocycles. The zero-order valence-electron chi connectivity index (χ0n) is 10.1. The normalized spacial score (nSPS) is 18.9. The highest BCUT2D eigenvalue weighted by Crippen LogP contribution is 2.22. The lowest BCUT2D eigenvalue weighted by Gasteiger charge is -2.23. The van der Waals surface area contributed by atoms with Crippen molar-refractivity contribution in [3.63, 3.8) is 0 Å². The highest BCUT2D eigenvalue weighted by molar-refractivity contribution is 7.91. The Hall–Kier alpha value is -1.90. The fraction of sp³-hybridized carbons (Fsp3) is 0.500. The quantitative estimate of drug-likeness (QED) is 0.613. The van der Waals surface area contributed by atoms with E-state index in [1.807, 2.05) is 0 Å². The van der Waals surface area contributed by atoms with Crippen LogP contribution in [0, 0.1) is 10.1 Å². The molecule has 0 aliphatic carbocycles. The molecule has 1 fully saturated rings. The lowest BCUT2D eigenvalue weighted by atomic mass is 10.1. The number of nitrogens with zero attached hydrogens (tertiary/aromatic N) is 2. The molecular formula is C10H14N4O4S. The predicted octanol–water partition coefficient (Wildman–Crippen LogP) is 0.561. The molecule has 0 aromatic carbocycles. The van der Waals surface area contributed by atoms with E-state index in [1.54, 1.807) is 0 Å².